The van der Waals surface area contributed by atoms with Crippen molar-refractivity contribution in [1.82, 2.24) is 9.62 Å². The van der Waals surface area contributed by atoms with E-state index in [0.717, 1.165) is 0 Å². The van der Waals surface area contributed by atoms with E-state index in [0.29, 0.717) is 18.9 Å². The maximum absolute atomic E-state index is 12.6. The van der Waals surface area contributed by atoms with Gasteiger partial charge < -0.3 is 15.4 Å². The summed E-state index contributed by atoms with van der Waals surface area (Å²) in [4.78, 5) is 11.6. The Labute approximate surface area is 146 Å². The number of nitrogens with one attached hydrogen (secondary N) is 2. The minimum atomic E-state index is -3.71. The third-order valence-electron chi connectivity index (χ3n) is 3.14. The predicted molar refractivity (Wildman–Crippen MR) is 90.8 cm³/mol. The van der Waals surface area contributed by atoms with Crippen molar-refractivity contribution in [2.45, 2.75) is 4.90 Å². The van der Waals surface area contributed by atoms with Gasteiger partial charge in [0, 0.05) is 18.8 Å². The van der Waals surface area contributed by atoms with Crippen molar-refractivity contribution >= 4 is 45.6 Å². The number of benzene rings is 1. The second-order valence-corrected chi connectivity index (χ2v) is 7.05. The van der Waals surface area contributed by atoms with Crippen molar-refractivity contribution in [2.24, 2.45) is 0 Å². The van der Waals surface area contributed by atoms with Crippen LogP contribution in [0.2, 0.25) is 5.02 Å². The van der Waals surface area contributed by atoms with Crippen molar-refractivity contribution in [3.8, 4) is 0 Å². The number of carbonyl (C=O) groups excluding carboxylic acids is 1. The van der Waals surface area contributed by atoms with Crippen LogP contribution in [0.3, 0.4) is 0 Å². The lowest BCUT2D eigenvalue weighted by Gasteiger charge is -2.26. The molecule has 1 aromatic rings. The molecule has 0 radical (unpaired) electrons. The van der Waals surface area contributed by atoms with Crippen LogP contribution < -0.4 is 10.6 Å². The van der Waals surface area contributed by atoms with Gasteiger partial charge in [-0.3, -0.25) is 4.79 Å². The van der Waals surface area contributed by atoms with E-state index in [1.165, 1.54) is 16.4 Å². The summed E-state index contributed by atoms with van der Waals surface area (Å²) in [7, 11) is -2.06. The normalized spacial score (nSPS) is 15.7. The molecule has 1 amide bonds. The molecule has 130 valence electrons. The van der Waals surface area contributed by atoms with Crippen LogP contribution in [-0.2, 0) is 19.6 Å². The second kappa shape index (κ2) is 8.81. The molecule has 0 saturated carbocycles. The van der Waals surface area contributed by atoms with Crippen LogP contribution in [0.25, 0.3) is 0 Å². The highest BCUT2D eigenvalue weighted by atomic mass is 35.5. The number of morpholine rings is 1. The maximum atomic E-state index is 12.6. The minimum absolute atomic E-state index is 0. The van der Waals surface area contributed by atoms with Gasteiger partial charge in [0.25, 0.3) is 0 Å². The van der Waals surface area contributed by atoms with Crippen molar-refractivity contribution in [3.05, 3.63) is 23.2 Å². The number of likely N-dealkylation sites (N-methyl/N-ethyl adjacent to an activating group) is 1. The summed E-state index contributed by atoms with van der Waals surface area (Å²) in [5, 5.41) is 5.46. The Bertz CT molecular complexity index is 649. The fraction of sp³-hybridized carbons (Fsp3) is 0.462. The number of rotatable bonds is 5. The zero-order chi connectivity index (χ0) is 16.2. The summed E-state index contributed by atoms with van der Waals surface area (Å²) in [5.74, 6) is -0.264. The minimum Gasteiger partial charge on any atom is -0.379 e. The average Bonchev–Trinajstić information content (AvgIpc) is 2.50. The smallest absolute Gasteiger partial charge is 0.244 e. The Morgan fingerprint density at radius 3 is 2.61 bits per heavy atom. The zero-order valence-electron chi connectivity index (χ0n) is 12.5. The Morgan fingerprint density at radius 2 is 2.00 bits per heavy atom. The molecule has 1 heterocycles. The molecule has 1 saturated heterocycles. The molecule has 1 aromatic carbocycles. The number of hydrogen-bond donors (Lipinski definition) is 2. The number of nitrogens with zero attached hydrogens (tertiary/aromatic N) is 1. The molecule has 1 aliphatic heterocycles. The van der Waals surface area contributed by atoms with Gasteiger partial charge in [0.1, 0.15) is 4.90 Å². The van der Waals surface area contributed by atoms with E-state index >= 15 is 0 Å². The Hall–Kier alpha value is -0.900. The Balaban J connectivity index is 0.00000264. The van der Waals surface area contributed by atoms with Gasteiger partial charge in [-0.2, -0.15) is 4.31 Å². The van der Waals surface area contributed by atoms with Crippen molar-refractivity contribution in [3.63, 3.8) is 0 Å². The van der Waals surface area contributed by atoms with Crippen LogP contribution in [0.4, 0.5) is 5.69 Å². The van der Waals surface area contributed by atoms with E-state index in [-0.39, 0.29) is 47.9 Å². The molecule has 0 atom stereocenters. The molecule has 0 aliphatic carbocycles. The molecule has 7 nitrogen and oxygen atoms in total. The summed E-state index contributed by atoms with van der Waals surface area (Å²) in [6, 6.07) is 4.40. The fourth-order valence-corrected chi connectivity index (χ4v) is 3.98. The van der Waals surface area contributed by atoms with E-state index in [2.05, 4.69) is 10.6 Å². The van der Waals surface area contributed by atoms with E-state index in [1.807, 2.05) is 0 Å². The summed E-state index contributed by atoms with van der Waals surface area (Å²) in [6.45, 7) is 1.42. The van der Waals surface area contributed by atoms with Gasteiger partial charge in [-0.05, 0) is 25.2 Å². The molecule has 23 heavy (non-hydrogen) atoms. The molecule has 1 aliphatic rings. The van der Waals surface area contributed by atoms with Gasteiger partial charge in [-0.1, -0.05) is 11.6 Å². The van der Waals surface area contributed by atoms with Crippen LogP contribution in [0.5, 0.6) is 0 Å². The number of sulfonamides is 1. The largest absolute Gasteiger partial charge is 0.379 e. The summed E-state index contributed by atoms with van der Waals surface area (Å²) in [5.41, 5.74) is 0.386. The second-order valence-electron chi connectivity index (χ2n) is 4.74. The van der Waals surface area contributed by atoms with Crippen LogP contribution in [0.1, 0.15) is 0 Å². The molecule has 10 heteroatoms. The third-order valence-corrected chi connectivity index (χ3v) is 5.52. The number of hydrogen-bond acceptors (Lipinski definition) is 5. The summed E-state index contributed by atoms with van der Waals surface area (Å²) in [6.07, 6.45) is 0. The average molecular weight is 384 g/mol. The lowest BCUT2D eigenvalue weighted by Crippen LogP contribution is -2.40. The van der Waals surface area contributed by atoms with Gasteiger partial charge in [0.05, 0.1) is 24.8 Å². The predicted octanol–water partition coefficient (Wildman–Crippen LogP) is 0.941. The third kappa shape index (κ3) is 5.03. The first-order valence-corrected chi connectivity index (χ1v) is 8.59. The number of anilines is 1. The van der Waals surface area contributed by atoms with Crippen LogP contribution in [0, 0.1) is 0 Å². The highest BCUT2D eigenvalue weighted by molar-refractivity contribution is 7.89. The standard InChI is InChI=1S/C13H18ClN3O4S.ClH/c1-15-9-13(18)16-10-2-3-11(14)12(8-10)22(19,20)17-4-6-21-7-5-17;/h2-3,8,15H,4-7,9H2,1H3,(H,16,18);1H. The molecular formula is C13H19Cl2N3O4S. The first-order chi connectivity index (χ1) is 10.4. The maximum Gasteiger partial charge on any atom is 0.244 e. The SMILES string of the molecule is CNCC(=O)Nc1ccc(Cl)c(S(=O)(=O)N2CCOCC2)c1.Cl. The van der Waals surface area contributed by atoms with E-state index in [4.69, 9.17) is 16.3 Å². The first-order valence-electron chi connectivity index (χ1n) is 6.77. The molecule has 0 bridgehead atoms. The quantitative estimate of drug-likeness (QED) is 0.789. The zero-order valence-corrected chi connectivity index (χ0v) is 14.9. The fourth-order valence-electron chi connectivity index (χ4n) is 2.07. The van der Waals surface area contributed by atoms with Crippen LogP contribution >= 0.6 is 24.0 Å². The first kappa shape index (κ1) is 20.1. The molecular weight excluding hydrogens is 365 g/mol. The lowest BCUT2D eigenvalue weighted by atomic mass is 10.3. The van der Waals surface area contributed by atoms with E-state index in [9.17, 15) is 13.2 Å². The van der Waals surface area contributed by atoms with Gasteiger partial charge in [-0.25, -0.2) is 8.42 Å². The number of ether oxygens (including phenoxy) is 1. The van der Waals surface area contributed by atoms with Gasteiger partial charge in [-0.15, -0.1) is 12.4 Å². The number of amides is 1. The van der Waals surface area contributed by atoms with Gasteiger partial charge >= 0.3 is 0 Å². The van der Waals surface area contributed by atoms with Crippen LogP contribution in [-0.4, -0.2) is 58.5 Å². The Morgan fingerprint density at radius 1 is 1.35 bits per heavy atom. The van der Waals surface area contributed by atoms with Crippen molar-refractivity contribution in [2.75, 3.05) is 45.2 Å². The summed E-state index contributed by atoms with van der Waals surface area (Å²) >= 11 is 6.04. The molecule has 0 aromatic heterocycles. The Kier molecular flexibility index (Phi) is 7.72. The number of carbonyl (C=O) groups is 1. The molecule has 2 rings (SSSR count). The number of halogens is 2. The van der Waals surface area contributed by atoms with E-state index in [1.54, 1.807) is 13.1 Å². The topological polar surface area (TPSA) is 87.7 Å². The highest BCUT2D eigenvalue weighted by Crippen LogP contribution is 2.28. The van der Waals surface area contributed by atoms with Crippen molar-refractivity contribution < 1.29 is 17.9 Å². The highest BCUT2D eigenvalue weighted by Gasteiger charge is 2.28. The summed E-state index contributed by atoms with van der Waals surface area (Å²) < 4.78 is 31.8. The molecule has 1 fully saturated rings. The van der Waals surface area contributed by atoms with E-state index < -0.39 is 10.0 Å². The van der Waals surface area contributed by atoms with Gasteiger partial charge in [0.15, 0.2) is 0 Å². The van der Waals surface area contributed by atoms with Crippen LogP contribution in [0.15, 0.2) is 23.1 Å². The molecule has 0 unspecified atom stereocenters. The monoisotopic (exact) mass is 383 g/mol. The molecule has 0 spiro atoms. The van der Waals surface area contributed by atoms with Crippen molar-refractivity contribution in [1.29, 1.82) is 0 Å². The van der Waals surface area contributed by atoms with Gasteiger partial charge in [0.2, 0.25) is 15.9 Å². The lowest BCUT2D eigenvalue weighted by molar-refractivity contribution is -0.115. The molecule has 2 N–H and O–H groups in total.